The van der Waals surface area contributed by atoms with Crippen LogP contribution in [0.1, 0.15) is 56.9 Å². The average molecular weight is 333 g/mol. The van der Waals surface area contributed by atoms with Gasteiger partial charge in [-0.2, -0.15) is 0 Å². The second-order valence-corrected chi connectivity index (χ2v) is 6.48. The van der Waals surface area contributed by atoms with Crippen molar-refractivity contribution in [2.75, 3.05) is 13.7 Å². The van der Waals surface area contributed by atoms with Crippen molar-refractivity contribution in [3.8, 4) is 5.75 Å². The van der Waals surface area contributed by atoms with Crippen LogP contribution in [0.5, 0.6) is 5.75 Å². The van der Waals surface area contributed by atoms with Crippen molar-refractivity contribution in [1.29, 1.82) is 0 Å². The Kier molecular flexibility index (Phi) is 6.64. The highest BCUT2D eigenvalue weighted by atomic mass is 16.5. The van der Waals surface area contributed by atoms with E-state index in [4.69, 9.17) is 9.84 Å². The Hall–Kier alpha value is -2.04. The Morgan fingerprint density at radius 1 is 1.21 bits per heavy atom. The van der Waals surface area contributed by atoms with E-state index in [9.17, 15) is 9.59 Å². The van der Waals surface area contributed by atoms with Crippen molar-refractivity contribution >= 4 is 11.9 Å². The van der Waals surface area contributed by atoms with E-state index >= 15 is 0 Å². The maximum absolute atomic E-state index is 12.9. The van der Waals surface area contributed by atoms with Gasteiger partial charge in [0.05, 0.1) is 12.5 Å². The number of benzene rings is 1. The Labute approximate surface area is 143 Å². The number of nitrogens with one attached hydrogen (secondary N) is 1. The topological polar surface area (TPSA) is 75.6 Å². The number of unbranched alkanes of at least 4 members (excludes halogenated alkanes) is 2. The Morgan fingerprint density at radius 2 is 1.96 bits per heavy atom. The van der Waals surface area contributed by atoms with Gasteiger partial charge in [-0.05, 0) is 43.4 Å². The van der Waals surface area contributed by atoms with E-state index in [1.807, 2.05) is 24.3 Å². The van der Waals surface area contributed by atoms with E-state index in [1.165, 1.54) is 0 Å². The highest BCUT2D eigenvalue weighted by molar-refractivity contribution is 5.88. The quantitative estimate of drug-likeness (QED) is 0.680. The number of carboxylic acid groups (broad SMARTS) is 1. The van der Waals surface area contributed by atoms with Crippen LogP contribution in [0.25, 0.3) is 0 Å². The molecule has 0 radical (unpaired) electrons. The van der Waals surface area contributed by atoms with Gasteiger partial charge < -0.3 is 15.2 Å². The molecule has 0 spiro atoms. The smallest absolute Gasteiger partial charge is 0.303 e. The third-order valence-corrected chi connectivity index (χ3v) is 4.87. The molecule has 0 bridgehead atoms. The van der Waals surface area contributed by atoms with Crippen LogP contribution in [-0.4, -0.2) is 30.6 Å². The molecule has 132 valence electrons. The first-order valence-corrected chi connectivity index (χ1v) is 8.73. The standard InChI is InChI=1S/C19H27NO4/c1-24-16-9-7-8-15(14-16)19(11-4-5-12-19)18(23)20-13-6-2-3-10-17(21)22/h7-9,14H,2-6,10-13H2,1H3,(H,20,23)(H,21,22). The third kappa shape index (κ3) is 4.49. The summed E-state index contributed by atoms with van der Waals surface area (Å²) in [5, 5.41) is 11.7. The Bertz CT molecular complexity index is 564. The molecule has 1 amide bonds. The van der Waals surface area contributed by atoms with Gasteiger partial charge in [-0.15, -0.1) is 0 Å². The van der Waals surface area contributed by atoms with E-state index in [1.54, 1.807) is 7.11 Å². The fourth-order valence-electron chi connectivity index (χ4n) is 3.50. The van der Waals surface area contributed by atoms with Gasteiger partial charge in [0.1, 0.15) is 5.75 Å². The lowest BCUT2D eigenvalue weighted by molar-refractivity contribution is -0.137. The summed E-state index contributed by atoms with van der Waals surface area (Å²) < 4.78 is 5.30. The molecule has 1 aliphatic rings. The molecule has 2 N–H and O–H groups in total. The van der Waals surface area contributed by atoms with Gasteiger partial charge in [-0.3, -0.25) is 9.59 Å². The Morgan fingerprint density at radius 3 is 2.62 bits per heavy atom. The van der Waals surface area contributed by atoms with Crippen molar-refractivity contribution in [2.45, 2.75) is 56.8 Å². The number of carbonyl (C=O) groups is 2. The predicted octanol–water partition coefficient (Wildman–Crippen LogP) is 3.27. The van der Waals surface area contributed by atoms with Gasteiger partial charge in [0.2, 0.25) is 5.91 Å². The molecule has 0 atom stereocenters. The molecule has 5 nitrogen and oxygen atoms in total. The molecule has 2 rings (SSSR count). The van der Waals surface area contributed by atoms with Gasteiger partial charge in [0, 0.05) is 13.0 Å². The lowest BCUT2D eigenvalue weighted by Gasteiger charge is -2.28. The van der Waals surface area contributed by atoms with Crippen LogP contribution >= 0.6 is 0 Å². The minimum atomic E-state index is -0.762. The van der Waals surface area contributed by atoms with Gasteiger partial charge in [-0.1, -0.05) is 31.4 Å². The van der Waals surface area contributed by atoms with Crippen molar-refractivity contribution in [3.63, 3.8) is 0 Å². The molecule has 1 aromatic carbocycles. The number of rotatable bonds is 9. The SMILES string of the molecule is COc1cccc(C2(C(=O)NCCCCCC(=O)O)CCCC2)c1. The van der Waals surface area contributed by atoms with Gasteiger partial charge in [0.15, 0.2) is 0 Å². The van der Waals surface area contributed by atoms with E-state index in [0.717, 1.165) is 49.8 Å². The lowest BCUT2D eigenvalue weighted by atomic mass is 9.78. The van der Waals surface area contributed by atoms with Crippen LogP contribution < -0.4 is 10.1 Å². The van der Waals surface area contributed by atoms with E-state index in [-0.39, 0.29) is 12.3 Å². The molecule has 1 aliphatic carbocycles. The molecule has 0 saturated heterocycles. The molecule has 0 aliphatic heterocycles. The molecule has 5 heteroatoms. The average Bonchev–Trinajstić information content (AvgIpc) is 3.08. The van der Waals surface area contributed by atoms with Crippen LogP contribution in [0.4, 0.5) is 0 Å². The maximum Gasteiger partial charge on any atom is 0.303 e. The zero-order valence-corrected chi connectivity index (χ0v) is 14.3. The fraction of sp³-hybridized carbons (Fsp3) is 0.579. The van der Waals surface area contributed by atoms with Gasteiger partial charge >= 0.3 is 5.97 Å². The number of methoxy groups -OCH3 is 1. The monoisotopic (exact) mass is 333 g/mol. The summed E-state index contributed by atoms with van der Waals surface area (Å²) in [4.78, 5) is 23.3. The molecular formula is C19H27NO4. The second-order valence-electron chi connectivity index (χ2n) is 6.48. The van der Waals surface area contributed by atoms with Crippen molar-refractivity contribution in [1.82, 2.24) is 5.32 Å². The summed E-state index contributed by atoms with van der Waals surface area (Å²) in [6.07, 6.45) is 6.34. The van der Waals surface area contributed by atoms with Crippen LogP contribution in [0.2, 0.25) is 0 Å². The summed E-state index contributed by atoms with van der Waals surface area (Å²) in [5.74, 6) is 0.105. The Balaban J connectivity index is 1.94. The summed E-state index contributed by atoms with van der Waals surface area (Å²) in [6, 6.07) is 7.82. The van der Waals surface area contributed by atoms with Crippen molar-refractivity contribution in [2.24, 2.45) is 0 Å². The van der Waals surface area contributed by atoms with E-state index < -0.39 is 11.4 Å². The minimum absolute atomic E-state index is 0.0893. The van der Waals surface area contributed by atoms with E-state index in [0.29, 0.717) is 13.0 Å². The normalized spacial score (nSPS) is 15.9. The number of carbonyl (C=O) groups excluding carboxylic acids is 1. The highest BCUT2D eigenvalue weighted by Crippen LogP contribution is 2.42. The zero-order valence-electron chi connectivity index (χ0n) is 14.3. The van der Waals surface area contributed by atoms with Crippen LogP contribution in [0.15, 0.2) is 24.3 Å². The molecule has 0 heterocycles. The second kappa shape index (κ2) is 8.71. The van der Waals surface area contributed by atoms with Gasteiger partial charge in [-0.25, -0.2) is 0 Å². The van der Waals surface area contributed by atoms with Crippen LogP contribution in [0.3, 0.4) is 0 Å². The first-order valence-electron chi connectivity index (χ1n) is 8.73. The molecule has 1 saturated carbocycles. The molecule has 24 heavy (non-hydrogen) atoms. The summed E-state index contributed by atoms with van der Waals surface area (Å²) in [5.41, 5.74) is 0.581. The summed E-state index contributed by atoms with van der Waals surface area (Å²) >= 11 is 0. The molecular weight excluding hydrogens is 306 g/mol. The maximum atomic E-state index is 12.9. The molecule has 1 aromatic rings. The largest absolute Gasteiger partial charge is 0.497 e. The van der Waals surface area contributed by atoms with Gasteiger partial charge in [0.25, 0.3) is 0 Å². The predicted molar refractivity (Wildman–Crippen MR) is 92.3 cm³/mol. The third-order valence-electron chi connectivity index (χ3n) is 4.87. The first kappa shape index (κ1) is 18.3. The number of hydrogen-bond donors (Lipinski definition) is 2. The fourth-order valence-corrected chi connectivity index (χ4v) is 3.50. The number of amides is 1. The first-order chi connectivity index (χ1) is 11.6. The molecule has 1 fully saturated rings. The molecule has 0 unspecified atom stereocenters. The van der Waals surface area contributed by atoms with E-state index in [2.05, 4.69) is 5.32 Å². The molecule has 0 aromatic heterocycles. The zero-order chi connectivity index (χ0) is 17.4. The van der Waals surface area contributed by atoms with Crippen molar-refractivity contribution < 1.29 is 19.4 Å². The number of ether oxygens (including phenoxy) is 1. The van der Waals surface area contributed by atoms with Crippen LogP contribution in [-0.2, 0) is 15.0 Å². The highest BCUT2D eigenvalue weighted by Gasteiger charge is 2.42. The minimum Gasteiger partial charge on any atom is -0.497 e. The number of hydrogen-bond acceptors (Lipinski definition) is 3. The number of carboxylic acids is 1. The van der Waals surface area contributed by atoms with Crippen molar-refractivity contribution in [3.05, 3.63) is 29.8 Å². The number of aliphatic carboxylic acids is 1. The summed E-state index contributed by atoms with van der Waals surface area (Å²) in [6.45, 7) is 0.601. The lowest BCUT2D eigenvalue weighted by Crippen LogP contribution is -2.43. The summed E-state index contributed by atoms with van der Waals surface area (Å²) in [7, 11) is 1.64. The van der Waals surface area contributed by atoms with Crippen LogP contribution in [0, 0.1) is 0 Å².